The maximum atomic E-state index is 2.49. The Morgan fingerprint density at radius 1 is 1.19 bits per heavy atom. The molecule has 2 rings (SSSR count). The lowest BCUT2D eigenvalue weighted by atomic mass is 9.99. The molecule has 1 aliphatic rings. The van der Waals surface area contributed by atoms with Gasteiger partial charge in [-0.2, -0.15) is 0 Å². The average molecular weight is 214 g/mol. The van der Waals surface area contributed by atoms with Crippen LogP contribution in [0, 0.1) is 5.92 Å². The molecule has 0 saturated heterocycles. The second kappa shape index (κ2) is 5.89. The van der Waals surface area contributed by atoms with Crippen molar-refractivity contribution in [1.82, 2.24) is 0 Å². The molecule has 1 fully saturated rings. The molecule has 0 radical (unpaired) electrons. The summed E-state index contributed by atoms with van der Waals surface area (Å²) in [4.78, 5) is 0. The van der Waals surface area contributed by atoms with Gasteiger partial charge in [-0.15, -0.1) is 0 Å². The van der Waals surface area contributed by atoms with Crippen LogP contribution in [0.5, 0.6) is 0 Å². The molecular weight excluding hydrogens is 192 g/mol. The second-order valence-electron chi connectivity index (χ2n) is 4.80. The first-order valence-corrected chi connectivity index (χ1v) is 6.67. The van der Waals surface area contributed by atoms with E-state index in [0.717, 1.165) is 5.92 Å². The first-order valence-electron chi connectivity index (χ1n) is 6.67. The van der Waals surface area contributed by atoms with E-state index in [0.29, 0.717) is 0 Å². The van der Waals surface area contributed by atoms with Crippen molar-refractivity contribution in [3.63, 3.8) is 0 Å². The van der Waals surface area contributed by atoms with Crippen molar-refractivity contribution < 1.29 is 0 Å². The van der Waals surface area contributed by atoms with Crippen LogP contribution in [0.4, 0.5) is 0 Å². The Labute approximate surface area is 99.4 Å². The van der Waals surface area contributed by atoms with Gasteiger partial charge in [0.05, 0.1) is 0 Å². The smallest absolute Gasteiger partial charge is 0.0159 e. The highest BCUT2D eigenvalue weighted by Crippen LogP contribution is 2.42. The van der Waals surface area contributed by atoms with Crippen LogP contribution in [0.15, 0.2) is 36.4 Å². The molecule has 0 aromatic heterocycles. The molecule has 0 aliphatic heterocycles. The SMILES string of the molecule is CCCCC/C=C(/c1ccccc1)C1CC1. The summed E-state index contributed by atoms with van der Waals surface area (Å²) in [6.07, 6.45) is 10.6. The Morgan fingerprint density at radius 3 is 2.56 bits per heavy atom. The summed E-state index contributed by atoms with van der Waals surface area (Å²) >= 11 is 0. The van der Waals surface area contributed by atoms with E-state index >= 15 is 0 Å². The Bertz CT molecular complexity index is 330. The van der Waals surface area contributed by atoms with E-state index in [1.807, 2.05) is 0 Å². The van der Waals surface area contributed by atoms with E-state index in [9.17, 15) is 0 Å². The molecule has 1 saturated carbocycles. The molecule has 1 aromatic carbocycles. The normalized spacial score (nSPS) is 16.4. The van der Waals surface area contributed by atoms with Gasteiger partial charge in [0.2, 0.25) is 0 Å². The number of unbranched alkanes of at least 4 members (excludes halogenated alkanes) is 3. The fourth-order valence-electron chi connectivity index (χ4n) is 2.20. The standard InChI is InChI=1S/C16H22/c1-2-3-4-8-11-16(15-12-13-15)14-9-6-5-7-10-14/h5-7,9-11,15H,2-4,8,12-13H2,1H3/b16-11-. The summed E-state index contributed by atoms with van der Waals surface area (Å²) in [6, 6.07) is 10.9. The zero-order valence-electron chi connectivity index (χ0n) is 10.3. The van der Waals surface area contributed by atoms with Crippen LogP contribution in [-0.2, 0) is 0 Å². The van der Waals surface area contributed by atoms with E-state index in [4.69, 9.17) is 0 Å². The van der Waals surface area contributed by atoms with E-state index in [1.165, 1.54) is 44.1 Å². The predicted octanol–water partition coefficient (Wildman–Crippen LogP) is 5.06. The molecule has 0 unspecified atom stereocenters. The minimum absolute atomic E-state index is 0.865. The van der Waals surface area contributed by atoms with Gasteiger partial charge in [-0.3, -0.25) is 0 Å². The zero-order chi connectivity index (χ0) is 11.2. The van der Waals surface area contributed by atoms with Crippen LogP contribution in [0.1, 0.15) is 51.0 Å². The fraction of sp³-hybridized carbons (Fsp3) is 0.500. The highest BCUT2D eigenvalue weighted by Gasteiger charge is 2.26. The molecule has 16 heavy (non-hydrogen) atoms. The van der Waals surface area contributed by atoms with Crippen molar-refractivity contribution in [1.29, 1.82) is 0 Å². The Hall–Kier alpha value is -1.04. The third-order valence-corrected chi connectivity index (χ3v) is 3.30. The van der Waals surface area contributed by atoms with Crippen molar-refractivity contribution in [2.24, 2.45) is 5.92 Å². The molecule has 1 aromatic rings. The van der Waals surface area contributed by atoms with Gasteiger partial charge in [-0.1, -0.05) is 56.2 Å². The van der Waals surface area contributed by atoms with Crippen LogP contribution >= 0.6 is 0 Å². The number of hydrogen-bond donors (Lipinski definition) is 0. The minimum atomic E-state index is 0.865. The van der Waals surface area contributed by atoms with Crippen molar-refractivity contribution in [3.05, 3.63) is 42.0 Å². The maximum absolute atomic E-state index is 2.49. The molecule has 0 amide bonds. The summed E-state index contributed by atoms with van der Waals surface area (Å²) in [7, 11) is 0. The number of hydrogen-bond acceptors (Lipinski definition) is 0. The summed E-state index contributed by atoms with van der Waals surface area (Å²) in [5.41, 5.74) is 3.05. The number of benzene rings is 1. The van der Waals surface area contributed by atoms with Gasteiger partial charge in [-0.05, 0) is 42.7 Å². The topological polar surface area (TPSA) is 0 Å². The first kappa shape index (κ1) is 11.4. The lowest BCUT2D eigenvalue weighted by Gasteiger charge is -2.06. The molecule has 1 aliphatic carbocycles. The first-order chi connectivity index (χ1) is 7.92. The van der Waals surface area contributed by atoms with Crippen molar-refractivity contribution in [2.45, 2.75) is 45.4 Å². The van der Waals surface area contributed by atoms with E-state index < -0.39 is 0 Å². The fourth-order valence-corrected chi connectivity index (χ4v) is 2.20. The molecule has 86 valence electrons. The number of rotatable bonds is 6. The van der Waals surface area contributed by atoms with E-state index in [1.54, 1.807) is 5.57 Å². The molecule has 0 atom stereocenters. The van der Waals surface area contributed by atoms with Crippen molar-refractivity contribution in [3.8, 4) is 0 Å². The molecule has 0 heteroatoms. The molecule has 0 heterocycles. The lowest BCUT2D eigenvalue weighted by molar-refractivity contribution is 0.728. The molecule has 0 N–H and O–H groups in total. The zero-order valence-corrected chi connectivity index (χ0v) is 10.3. The van der Waals surface area contributed by atoms with Gasteiger partial charge < -0.3 is 0 Å². The molecule has 0 spiro atoms. The third kappa shape index (κ3) is 3.23. The summed E-state index contributed by atoms with van der Waals surface area (Å²) < 4.78 is 0. The molecule has 0 bridgehead atoms. The van der Waals surface area contributed by atoms with Crippen LogP contribution in [0.3, 0.4) is 0 Å². The van der Waals surface area contributed by atoms with E-state index in [2.05, 4.69) is 43.3 Å². The van der Waals surface area contributed by atoms with Gasteiger partial charge in [0.1, 0.15) is 0 Å². The number of allylic oxidation sites excluding steroid dienone is 2. The largest absolute Gasteiger partial charge is 0.0804 e. The van der Waals surface area contributed by atoms with Crippen LogP contribution in [-0.4, -0.2) is 0 Å². The van der Waals surface area contributed by atoms with E-state index in [-0.39, 0.29) is 0 Å². The second-order valence-corrected chi connectivity index (χ2v) is 4.80. The Morgan fingerprint density at radius 2 is 1.94 bits per heavy atom. The summed E-state index contributed by atoms with van der Waals surface area (Å²) in [5, 5.41) is 0. The van der Waals surface area contributed by atoms with Crippen LogP contribution in [0.25, 0.3) is 5.57 Å². The molecular formula is C16H22. The van der Waals surface area contributed by atoms with Gasteiger partial charge in [0.15, 0.2) is 0 Å². The van der Waals surface area contributed by atoms with Gasteiger partial charge in [0, 0.05) is 0 Å². The molecule has 0 nitrogen and oxygen atoms in total. The van der Waals surface area contributed by atoms with Crippen LogP contribution < -0.4 is 0 Å². The van der Waals surface area contributed by atoms with Gasteiger partial charge in [-0.25, -0.2) is 0 Å². The van der Waals surface area contributed by atoms with Gasteiger partial charge >= 0.3 is 0 Å². The monoisotopic (exact) mass is 214 g/mol. The van der Waals surface area contributed by atoms with Crippen LogP contribution in [0.2, 0.25) is 0 Å². The van der Waals surface area contributed by atoms with Crippen molar-refractivity contribution >= 4 is 5.57 Å². The highest BCUT2D eigenvalue weighted by atomic mass is 14.3. The van der Waals surface area contributed by atoms with Crippen molar-refractivity contribution in [2.75, 3.05) is 0 Å². The summed E-state index contributed by atoms with van der Waals surface area (Å²) in [6.45, 7) is 2.27. The quantitative estimate of drug-likeness (QED) is 0.581. The third-order valence-electron chi connectivity index (χ3n) is 3.30. The van der Waals surface area contributed by atoms with Gasteiger partial charge in [0.25, 0.3) is 0 Å². The predicted molar refractivity (Wildman–Crippen MR) is 71.3 cm³/mol. The summed E-state index contributed by atoms with van der Waals surface area (Å²) in [5.74, 6) is 0.865. The maximum Gasteiger partial charge on any atom is -0.0159 e. The average Bonchev–Trinajstić information content (AvgIpc) is 3.15. The minimum Gasteiger partial charge on any atom is -0.0804 e. The Balaban J connectivity index is 2.00. The lowest BCUT2D eigenvalue weighted by Crippen LogP contribution is -1.86. The highest BCUT2D eigenvalue weighted by molar-refractivity contribution is 5.69. The Kier molecular flexibility index (Phi) is 4.21.